The van der Waals surface area contributed by atoms with Crippen molar-refractivity contribution in [2.75, 3.05) is 24.5 Å². The van der Waals surface area contributed by atoms with Gasteiger partial charge in [0.25, 0.3) is 0 Å². The average molecular weight is 832 g/mol. The number of β-amino-alcohol motifs (C(OH)–C–C–N with tert-alkyl or cyclic N) is 1. The van der Waals surface area contributed by atoms with Gasteiger partial charge in [0.1, 0.15) is 22.5 Å². The largest absolute Gasteiger partial charge is 0.507 e. The molecule has 3 atom stereocenters. The average Bonchev–Trinajstić information content (AvgIpc) is 4.03. The zero-order valence-corrected chi connectivity index (χ0v) is 35.4. The number of thiophene rings is 1. The zero-order chi connectivity index (χ0) is 41.0. The van der Waals surface area contributed by atoms with Gasteiger partial charge in [0.15, 0.2) is 11.6 Å². The van der Waals surface area contributed by atoms with Gasteiger partial charge in [0, 0.05) is 54.5 Å². The van der Waals surface area contributed by atoms with Crippen molar-refractivity contribution in [3.63, 3.8) is 0 Å². The molecular weight excluding hydrogens is 783 g/mol. The Morgan fingerprint density at radius 3 is 2.51 bits per heavy atom. The Kier molecular flexibility index (Phi) is 10.5. The van der Waals surface area contributed by atoms with Gasteiger partial charge >= 0.3 is 0 Å². The number of phenols is 1. The number of likely N-dealkylation sites (tertiary alicyclic amines) is 1. The van der Waals surface area contributed by atoms with Crippen LogP contribution >= 0.6 is 22.7 Å². The number of hydrogen-bond donors (Lipinski definition) is 3. The van der Waals surface area contributed by atoms with E-state index in [0.29, 0.717) is 29.5 Å². The van der Waals surface area contributed by atoms with Gasteiger partial charge in [-0.1, -0.05) is 55.4 Å². The molecule has 3 N–H and O–H groups in total. The van der Waals surface area contributed by atoms with E-state index < -0.39 is 18.1 Å². The fraction of sp³-hybridized carbons (Fsp3) is 0.422. The predicted molar refractivity (Wildman–Crippen MR) is 229 cm³/mol. The summed E-state index contributed by atoms with van der Waals surface area (Å²) in [6.45, 7) is 10.2. The van der Waals surface area contributed by atoms with Crippen molar-refractivity contribution < 1.29 is 24.3 Å². The maximum absolute atomic E-state index is 14.3. The summed E-state index contributed by atoms with van der Waals surface area (Å²) >= 11 is 3.34. The maximum Gasteiger partial charge on any atom is 0.243 e. The van der Waals surface area contributed by atoms with Crippen molar-refractivity contribution in [2.24, 2.45) is 11.3 Å². The third kappa shape index (κ3) is 7.51. The van der Waals surface area contributed by atoms with E-state index in [1.54, 1.807) is 34.8 Å². The number of carbonyl (C=O) groups is 2. The van der Waals surface area contributed by atoms with Crippen LogP contribution in [0.25, 0.3) is 31.9 Å². The van der Waals surface area contributed by atoms with Gasteiger partial charge in [-0.2, -0.15) is 0 Å². The van der Waals surface area contributed by atoms with E-state index in [0.717, 1.165) is 76.5 Å². The summed E-state index contributed by atoms with van der Waals surface area (Å²) in [5, 5.41) is 38.6. The summed E-state index contributed by atoms with van der Waals surface area (Å²) in [5.41, 5.74) is 7.77. The van der Waals surface area contributed by atoms with Crippen LogP contribution in [0.4, 0.5) is 5.82 Å². The summed E-state index contributed by atoms with van der Waals surface area (Å²) in [7, 11) is 0. The van der Waals surface area contributed by atoms with Crippen LogP contribution in [0.3, 0.4) is 0 Å². The number of thiazole rings is 1. The molecule has 6 aromatic rings. The minimum atomic E-state index is -0.791. The Labute approximate surface area is 351 Å². The molecule has 12 nitrogen and oxygen atoms in total. The molecule has 2 amide bonds. The van der Waals surface area contributed by atoms with Crippen LogP contribution in [0.1, 0.15) is 85.2 Å². The first-order valence-corrected chi connectivity index (χ1v) is 22.2. The number of aryl methyl sites for hydroxylation is 2. The van der Waals surface area contributed by atoms with Crippen LogP contribution in [0, 0.1) is 25.2 Å². The molecule has 1 spiro atoms. The number of amides is 2. The number of aliphatic hydroxyl groups is 1. The molecule has 4 aromatic heterocycles. The molecule has 1 saturated carbocycles. The van der Waals surface area contributed by atoms with Crippen LogP contribution in [0.2, 0.25) is 0 Å². The lowest BCUT2D eigenvalue weighted by atomic mass is 9.57. The van der Waals surface area contributed by atoms with Crippen LogP contribution in [0.5, 0.6) is 5.75 Å². The van der Waals surface area contributed by atoms with E-state index >= 15 is 0 Å². The molecule has 3 fully saturated rings. The minimum Gasteiger partial charge on any atom is -0.507 e. The highest BCUT2D eigenvalue weighted by molar-refractivity contribution is 7.19. The topological polar surface area (TPSA) is 158 Å². The molecule has 0 bridgehead atoms. The molecule has 306 valence electrons. The molecule has 0 radical (unpaired) electrons. The number of aromatic nitrogens is 4. The van der Waals surface area contributed by atoms with Crippen molar-refractivity contribution >= 4 is 50.5 Å². The number of piperidine rings is 1. The smallest absolute Gasteiger partial charge is 0.243 e. The van der Waals surface area contributed by atoms with E-state index in [9.17, 15) is 19.8 Å². The van der Waals surface area contributed by atoms with E-state index in [2.05, 4.69) is 43.5 Å². The first kappa shape index (κ1) is 39.3. The number of phenolic OH excluding ortho intramolecular Hbond substituents is 1. The maximum atomic E-state index is 14.3. The standard InChI is InChI=1S/C45H49N7O5S2/c1-25(2)39(44(56)52-23-31(53)17-35(52)42(55)46-22-28-9-11-29(12-10-28)41-27(4)47-24-58-41)37-19-38(50-57-37)51-15-13-45(14-16-51)20-30(21-45)40-26(3)33-18-34(48-49-43(33)59-40)32-7-5-6-8-36(32)54/h5-12,18-19,24-25,30-31,35,39,53-54H,13-17,20-23H2,1-4H3,(H,46,55)/t31-,35+,39-/m1/s1. The number of nitrogens with zero attached hydrogens (tertiary/aromatic N) is 6. The number of aliphatic hydroxyl groups excluding tert-OH is 1. The molecular formula is C45H49N7O5S2. The minimum absolute atomic E-state index is 0.0902. The summed E-state index contributed by atoms with van der Waals surface area (Å²) < 4.78 is 5.92. The van der Waals surface area contributed by atoms with Gasteiger partial charge in [-0.25, -0.2) is 4.98 Å². The van der Waals surface area contributed by atoms with Crippen LogP contribution in [0.15, 0.2) is 70.7 Å². The fourth-order valence-corrected chi connectivity index (χ4v) is 11.5. The van der Waals surface area contributed by atoms with E-state index in [1.165, 1.54) is 15.3 Å². The molecule has 2 aromatic carbocycles. The number of nitrogens with one attached hydrogen (secondary N) is 1. The molecule has 0 unspecified atom stereocenters. The molecule has 9 rings (SSSR count). The lowest BCUT2D eigenvalue weighted by Crippen LogP contribution is -2.48. The monoisotopic (exact) mass is 831 g/mol. The molecule has 1 aliphatic carbocycles. The lowest BCUT2D eigenvalue weighted by molar-refractivity contribution is -0.141. The predicted octanol–water partition coefficient (Wildman–Crippen LogP) is 7.97. The molecule has 59 heavy (non-hydrogen) atoms. The van der Waals surface area contributed by atoms with Crippen molar-refractivity contribution in [1.82, 2.24) is 30.6 Å². The molecule has 2 aliphatic heterocycles. The third-order valence-electron chi connectivity index (χ3n) is 12.8. The highest BCUT2D eigenvalue weighted by Crippen LogP contribution is 2.59. The summed E-state index contributed by atoms with van der Waals surface area (Å²) in [6.07, 6.45) is 3.77. The highest BCUT2D eigenvalue weighted by atomic mass is 32.1. The van der Waals surface area contributed by atoms with Crippen molar-refractivity contribution in [3.8, 4) is 27.4 Å². The Balaban J connectivity index is 0.813. The van der Waals surface area contributed by atoms with Crippen LogP contribution in [-0.4, -0.2) is 79.0 Å². The van der Waals surface area contributed by atoms with E-state index in [4.69, 9.17) is 4.52 Å². The molecule has 3 aliphatic rings. The second-order valence-corrected chi connectivity index (χ2v) is 18.9. The first-order valence-electron chi connectivity index (χ1n) is 20.5. The summed E-state index contributed by atoms with van der Waals surface area (Å²) in [6, 6.07) is 18.4. The van der Waals surface area contributed by atoms with E-state index in [1.807, 2.05) is 68.7 Å². The van der Waals surface area contributed by atoms with Crippen LogP contribution in [-0.2, 0) is 16.1 Å². The SMILES string of the molecule is Cc1ncsc1-c1ccc(CNC(=O)[C@@H]2C[C@@H](O)CN2C(=O)[C@@H](c2cc(N3CCC4(CC3)CC(c3sc5nnc(-c6ccccc6O)cc5c3C)C4)no2)C(C)C)cc1. The zero-order valence-electron chi connectivity index (χ0n) is 33.7. The van der Waals surface area contributed by atoms with Crippen LogP contribution < -0.4 is 10.2 Å². The number of anilines is 1. The Morgan fingerprint density at radius 2 is 1.80 bits per heavy atom. The van der Waals surface area contributed by atoms with Crippen molar-refractivity contribution in [1.29, 1.82) is 0 Å². The summed E-state index contributed by atoms with van der Waals surface area (Å²) in [5.74, 6) is 0.615. The third-order valence-corrected chi connectivity index (χ3v) is 15.2. The van der Waals surface area contributed by atoms with Gasteiger partial charge in [0.05, 0.1) is 27.9 Å². The number of rotatable bonds is 10. The van der Waals surface area contributed by atoms with Crippen molar-refractivity contribution in [3.05, 3.63) is 93.6 Å². The van der Waals surface area contributed by atoms with Gasteiger partial charge < -0.3 is 29.9 Å². The molecule has 14 heteroatoms. The number of carbonyl (C=O) groups excluding carboxylic acids is 2. The van der Waals surface area contributed by atoms with Gasteiger partial charge in [-0.05, 0) is 91.7 Å². The number of benzene rings is 2. The van der Waals surface area contributed by atoms with Gasteiger partial charge in [-0.15, -0.1) is 32.9 Å². The Hall–Kier alpha value is -5.18. The van der Waals surface area contributed by atoms with E-state index in [-0.39, 0.29) is 41.9 Å². The van der Waals surface area contributed by atoms with Crippen molar-refractivity contribution in [2.45, 2.75) is 90.3 Å². The number of fused-ring (bicyclic) bond motifs is 1. The Morgan fingerprint density at radius 1 is 1.03 bits per heavy atom. The van der Waals surface area contributed by atoms with Gasteiger partial charge in [-0.3, -0.25) is 9.59 Å². The normalized spacial score (nSPS) is 19.8. The molecule has 6 heterocycles. The molecule has 2 saturated heterocycles. The summed E-state index contributed by atoms with van der Waals surface area (Å²) in [4.78, 5) is 39.4. The second kappa shape index (κ2) is 15.8. The highest BCUT2D eigenvalue weighted by Gasteiger charge is 2.48. The fourth-order valence-electron chi connectivity index (χ4n) is 9.49. The second-order valence-electron chi connectivity index (χ2n) is 17.0. The lowest BCUT2D eigenvalue weighted by Gasteiger charge is -2.52. The number of hydrogen-bond acceptors (Lipinski definition) is 12. The quantitative estimate of drug-likeness (QED) is 0.124. The number of para-hydroxylation sites is 1. The Bertz CT molecular complexity index is 2490. The number of aromatic hydroxyl groups is 1. The van der Waals surface area contributed by atoms with Gasteiger partial charge in [0.2, 0.25) is 11.8 Å². The first-order chi connectivity index (χ1) is 28.5.